The van der Waals surface area contributed by atoms with Gasteiger partial charge in [0.1, 0.15) is 6.61 Å². The molecule has 7 nitrogen and oxygen atoms in total. The summed E-state index contributed by atoms with van der Waals surface area (Å²) in [5.74, 6) is -0.311. The smallest absolute Gasteiger partial charge is 0.409 e. The molecule has 5 rings (SSSR count). The Kier molecular flexibility index (Phi) is 6.55. The van der Waals surface area contributed by atoms with Crippen molar-refractivity contribution in [2.45, 2.75) is 12.8 Å². The number of carbonyl (C=O) groups excluding carboxylic acids is 2. The van der Waals surface area contributed by atoms with E-state index in [4.69, 9.17) is 9.47 Å². The van der Waals surface area contributed by atoms with Gasteiger partial charge >= 0.3 is 12.1 Å². The Labute approximate surface area is 211 Å². The van der Waals surface area contributed by atoms with E-state index in [9.17, 15) is 9.59 Å². The van der Waals surface area contributed by atoms with Gasteiger partial charge in [0.05, 0.1) is 12.7 Å². The average molecular weight is 486 g/mol. The summed E-state index contributed by atoms with van der Waals surface area (Å²) in [4.78, 5) is 29.2. The van der Waals surface area contributed by atoms with Gasteiger partial charge in [0.25, 0.3) is 0 Å². The highest BCUT2D eigenvalue weighted by atomic mass is 16.6. The quantitative estimate of drug-likeness (QED) is 0.519. The first-order chi connectivity index (χ1) is 17.5. The molecule has 1 N–H and O–H groups in total. The van der Waals surface area contributed by atoms with Gasteiger partial charge in [-0.25, -0.2) is 9.59 Å². The number of esters is 1. The van der Waals surface area contributed by atoms with Crippen LogP contribution < -0.4 is 10.2 Å². The molecule has 2 aliphatic rings. The van der Waals surface area contributed by atoms with Crippen molar-refractivity contribution in [3.8, 4) is 11.1 Å². The Balaban J connectivity index is 1.24. The molecule has 1 fully saturated rings. The molecule has 36 heavy (non-hydrogen) atoms. The summed E-state index contributed by atoms with van der Waals surface area (Å²) < 4.78 is 10.8. The van der Waals surface area contributed by atoms with Crippen LogP contribution in [0.4, 0.5) is 16.2 Å². The Hall–Kier alpha value is -4.00. The summed E-state index contributed by atoms with van der Waals surface area (Å²) in [6.45, 7) is 4.65. The van der Waals surface area contributed by atoms with Crippen molar-refractivity contribution in [3.63, 3.8) is 0 Å². The number of fused-ring (bicyclic) bond motifs is 3. The van der Waals surface area contributed by atoms with Crippen molar-refractivity contribution < 1.29 is 19.1 Å². The number of amides is 1. The van der Waals surface area contributed by atoms with Gasteiger partial charge in [0, 0.05) is 50.5 Å². The maximum Gasteiger partial charge on any atom is 0.409 e. The van der Waals surface area contributed by atoms with Crippen LogP contribution in [0.15, 0.2) is 60.7 Å². The van der Waals surface area contributed by atoms with Crippen LogP contribution >= 0.6 is 0 Å². The second-order valence-electron chi connectivity index (χ2n) is 9.19. The van der Waals surface area contributed by atoms with Gasteiger partial charge in [0.2, 0.25) is 0 Å². The number of ether oxygens (including phenoxy) is 2. The maximum absolute atomic E-state index is 13.0. The zero-order valence-corrected chi connectivity index (χ0v) is 20.9. The summed E-state index contributed by atoms with van der Waals surface area (Å²) in [5, 5.41) is 3.12. The average Bonchev–Trinajstić information content (AvgIpc) is 3.25. The molecule has 3 aromatic rings. The molecule has 0 spiro atoms. The fraction of sp³-hybridized carbons (Fsp3) is 0.310. The number of nitrogens with zero attached hydrogens (tertiary/aromatic N) is 2. The van der Waals surface area contributed by atoms with E-state index < -0.39 is 0 Å². The van der Waals surface area contributed by atoms with Crippen LogP contribution in [-0.2, 0) is 9.47 Å². The predicted molar refractivity (Wildman–Crippen MR) is 141 cm³/mol. The second-order valence-corrected chi connectivity index (χ2v) is 9.19. The first-order valence-electron chi connectivity index (χ1n) is 12.3. The first kappa shape index (κ1) is 23.7. The van der Waals surface area contributed by atoms with E-state index in [1.54, 1.807) is 11.0 Å². The predicted octanol–water partition coefficient (Wildman–Crippen LogP) is 4.89. The highest BCUT2D eigenvalue weighted by Crippen LogP contribution is 2.44. The number of hydrogen-bond acceptors (Lipinski definition) is 6. The van der Waals surface area contributed by atoms with Crippen molar-refractivity contribution in [2.75, 3.05) is 57.2 Å². The molecule has 0 atom stereocenters. The van der Waals surface area contributed by atoms with E-state index in [0.717, 1.165) is 16.9 Å². The molecule has 0 unspecified atom stereocenters. The van der Waals surface area contributed by atoms with Crippen molar-refractivity contribution in [1.29, 1.82) is 0 Å². The normalized spacial score (nSPS) is 14.8. The minimum atomic E-state index is -0.358. The third-order valence-corrected chi connectivity index (χ3v) is 7.29. The molecule has 1 aliphatic heterocycles. The number of benzene rings is 3. The number of carbonyl (C=O) groups is 2. The summed E-state index contributed by atoms with van der Waals surface area (Å²) in [6.07, 6.45) is -0.285. The van der Waals surface area contributed by atoms with E-state index >= 15 is 0 Å². The van der Waals surface area contributed by atoms with Crippen LogP contribution in [0.25, 0.3) is 11.1 Å². The van der Waals surface area contributed by atoms with Crippen molar-refractivity contribution >= 4 is 23.4 Å². The number of anilines is 2. The molecule has 3 aromatic carbocycles. The third kappa shape index (κ3) is 4.26. The Bertz CT molecular complexity index is 1250. The zero-order chi connectivity index (χ0) is 25.2. The van der Waals surface area contributed by atoms with E-state index in [1.165, 1.54) is 29.4 Å². The second kappa shape index (κ2) is 9.93. The topological polar surface area (TPSA) is 71.1 Å². The standard InChI is InChI=1S/C29H31N3O4/c1-19-25(28(33)35-3)16-20(30-2)17-27(19)31-12-14-32(15-13-31)29(34)36-18-26-23-10-6-4-8-21(23)22-9-5-7-11-24(22)26/h4-11,16-17,26,30H,12-15,18H2,1-3H3. The van der Waals surface area contributed by atoms with Gasteiger partial charge in [-0.1, -0.05) is 48.5 Å². The van der Waals surface area contributed by atoms with Gasteiger partial charge in [-0.05, 0) is 46.9 Å². The lowest BCUT2D eigenvalue weighted by molar-refractivity contribution is 0.0600. The lowest BCUT2D eigenvalue weighted by atomic mass is 9.98. The molecule has 0 saturated carbocycles. The fourth-order valence-electron chi connectivity index (χ4n) is 5.31. The lowest BCUT2D eigenvalue weighted by Gasteiger charge is -2.36. The van der Waals surface area contributed by atoms with E-state index in [2.05, 4.69) is 34.5 Å². The van der Waals surface area contributed by atoms with Crippen LogP contribution in [-0.4, -0.2) is 63.9 Å². The number of hydrogen-bond donors (Lipinski definition) is 1. The molecule has 1 heterocycles. The van der Waals surface area contributed by atoms with Crippen molar-refractivity contribution in [3.05, 3.63) is 82.9 Å². The molecule has 1 amide bonds. The molecular formula is C29H31N3O4. The zero-order valence-electron chi connectivity index (χ0n) is 20.9. The van der Waals surface area contributed by atoms with E-state index in [1.807, 2.05) is 44.3 Å². The van der Waals surface area contributed by atoms with Gasteiger partial charge < -0.3 is 24.6 Å². The van der Waals surface area contributed by atoms with Gasteiger partial charge in [-0.2, -0.15) is 0 Å². The van der Waals surface area contributed by atoms with Crippen LogP contribution in [0.1, 0.15) is 33.0 Å². The first-order valence-corrected chi connectivity index (χ1v) is 12.3. The van der Waals surface area contributed by atoms with Crippen LogP contribution in [0, 0.1) is 6.92 Å². The maximum atomic E-state index is 13.0. The monoisotopic (exact) mass is 485 g/mol. The van der Waals surface area contributed by atoms with Gasteiger partial charge in [0.15, 0.2) is 0 Å². The van der Waals surface area contributed by atoms with Crippen molar-refractivity contribution in [2.24, 2.45) is 0 Å². The fourth-order valence-corrected chi connectivity index (χ4v) is 5.31. The molecule has 0 radical (unpaired) electrons. The largest absolute Gasteiger partial charge is 0.465 e. The summed E-state index contributed by atoms with van der Waals surface area (Å²) in [7, 11) is 3.21. The Morgan fingerprint density at radius 1 is 0.944 bits per heavy atom. The molecular weight excluding hydrogens is 454 g/mol. The van der Waals surface area contributed by atoms with Gasteiger partial charge in [-0.3, -0.25) is 0 Å². The number of piperazine rings is 1. The number of nitrogens with one attached hydrogen (secondary N) is 1. The molecule has 186 valence electrons. The van der Waals surface area contributed by atoms with Crippen molar-refractivity contribution in [1.82, 2.24) is 4.90 Å². The molecule has 7 heteroatoms. The van der Waals surface area contributed by atoms with Crippen LogP contribution in [0.2, 0.25) is 0 Å². The molecule has 0 aromatic heterocycles. The third-order valence-electron chi connectivity index (χ3n) is 7.29. The van der Waals surface area contributed by atoms with Gasteiger partial charge in [-0.15, -0.1) is 0 Å². The molecule has 1 saturated heterocycles. The molecule has 0 bridgehead atoms. The minimum absolute atomic E-state index is 0.0475. The SMILES string of the molecule is CNc1cc(C(=O)OC)c(C)c(N2CCN(C(=O)OCC3c4ccccc4-c4ccccc43)CC2)c1. The lowest BCUT2D eigenvalue weighted by Crippen LogP contribution is -2.49. The summed E-state index contributed by atoms with van der Waals surface area (Å²) >= 11 is 0. The number of methoxy groups -OCH3 is 1. The highest BCUT2D eigenvalue weighted by Gasteiger charge is 2.31. The highest BCUT2D eigenvalue weighted by molar-refractivity contribution is 5.94. The Morgan fingerprint density at radius 2 is 1.56 bits per heavy atom. The minimum Gasteiger partial charge on any atom is -0.465 e. The van der Waals surface area contributed by atoms with E-state index in [-0.39, 0.29) is 18.0 Å². The molecule has 1 aliphatic carbocycles. The summed E-state index contributed by atoms with van der Waals surface area (Å²) in [6, 6.07) is 20.5. The van der Waals surface area contributed by atoms with Crippen LogP contribution in [0.5, 0.6) is 0 Å². The number of rotatable bonds is 5. The van der Waals surface area contributed by atoms with E-state index in [0.29, 0.717) is 38.3 Å². The van der Waals surface area contributed by atoms with Crippen LogP contribution in [0.3, 0.4) is 0 Å². The Morgan fingerprint density at radius 3 is 2.14 bits per heavy atom. The summed E-state index contributed by atoms with van der Waals surface area (Å²) in [5.41, 5.74) is 8.06.